The van der Waals surface area contributed by atoms with Crippen LogP contribution in [0.25, 0.3) is 4.98 Å². The van der Waals surface area contributed by atoms with E-state index in [1.807, 2.05) is 6.07 Å². The van der Waals surface area contributed by atoms with Gasteiger partial charge in [-0.25, -0.2) is 0 Å². The largest absolute Gasteiger partial charge is 0.673 e. The predicted octanol–water partition coefficient (Wildman–Crippen LogP) is 4.04. The van der Waals surface area contributed by atoms with Crippen LogP contribution in [0, 0.1) is 5.39 Å². The minimum absolute atomic E-state index is 0.409. The van der Waals surface area contributed by atoms with Crippen LogP contribution >= 0.6 is 0 Å². The van der Waals surface area contributed by atoms with Gasteiger partial charge in [0.2, 0.25) is 11.1 Å². The minimum Gasteiger partial charge on any atom is -0.482 e. The van der Waals surface area contributed by atoms with Gasteiger partial charge in [0.1, 0.15) is 6.61 Å². The number of para-hydroxylation sites is 1. The van der Waals surface area contributed by atoms with Crippen LogP contribution in [0.3, 0.4) is 0 Å². The van der Waals surface area contributed by atoms with Crippen molar-refractivity contribution in [2.45, 2.75) is 0 Å². The van der Waals surface area contributed by atoms with Crippen molar-refractivity contribution in [2.75, 3.05) is 6.61 Å². The summed E-state index contributed by atoms with van der Waals surface area (Å²) >= 11 is 0. The third-order valence-electron chi connectivity index (χ3n) is 1.33. The maximum absolute atomic E-state index is 9.75. The highest BCUT2D eigenvalue weighted by Crippen LogP contribution is 2.26. The predicted molar refractivity (Wildman–Crippen MR) is 57.1 cm³/mol. The Hall–Kier alpha value is -2.04. The molecule has 0 fully saturated rings. The van der Waals surface area contributed by atoms with E-state index < -0.39 is 7.25 Å². The Balaban J connectivity index is 0.000000437. The Kier molecular flexibility index (Phi) is 6.40. The molecule has 0 amide bonds. The van der Waals surface area contributed by atoms with Crippen molar-refractivity contribution < 1.29 is 22.0 Å². The zero-order valence-corrected chi connectivity index (χ0v) is 8.69. The highest BCUT2D eigenvalue weighted by atomic mass is 19.5. The zero-order valence-electron chi connectivity index (χ0n) is 8.69. The molecule has 0 spiro atoms. The van der Waals surface area contributed by atoms with Gasteiger partial charge in [-0.2, -0.15) is 0 Å². The van der Waals surface area contributed by atoms with E-state index >= 15 is 0 Å². The summed E-state index contributed by atoms with van der Waals surface area (Å²) in [6, 6.07) is 6.99. The van der Waals surface area contributed by atoms with Gasteiger partial charge in [0.25, 0.3) is 0 Å². The highest BCUT2D eigenvalue weighted by Gasteiger charge is 2.20. The van der Waals surface area contributed by atoms with Crippen LogP contribution in [0.2, 0.25) is 0 Å². The lowest BCUT2D eigenvalue weighted by molar-refractivity contribution is 0.365. The lowest BCUT2D eigenvalue weighted by atomic mass is 10.3. The first kappa shape index (κ1) is 15.0. The number of diazo groups is 1. The number of rotatable bonds is 3. The fourth-order valence-corrected chi connectivity index (χ4v) is 0.811. The molecule has 3 nitrogen and oxygen atoms in total. The molecule has 0 heterocycles. The topological polar surface area (TPSA) is 37.4 Å². The molecule has 0 bridgehead atoms. The van der Waals surface area contributed by atoms with Gasteiger partial charge in [0.05, 0.1) is 0 Å². The molecule has 0 aliphatic heterocycles. The summed E-state index contributed by atoms with van der Waals surface area (Å²) in [5.74, 6) is 0.555. The lowest BCUT2D eigenvalue weighted by Crippen LogP contribution is -2.02. The molecule has 0 aliphatic carbocycles. The number of ether oxygens (including phenoxy) is 1. The van der Waals surface area contributed by atoms with Crippen LogP contribution in [0.1, 0.15) is 0 Å². The SMILES string of the molecule is C=CCOc1ccccc1[N+]#N.F[B-](F)(F)F. The third-order valence-corrected chi connectivity index (χ3v) is 1.33. The van der Waals surface area contributed by atoms with E-state index in [1.54, 1.807) is 24.3 Å². The molecule has 0 radical (unpaired) electrons. The molecule has 0 saturated heterocycles. The molecule has 0 N–H and O–H groups in total. The Bertz CT molecular complexity index is 397. The van der Waals surface area contributed by atoms with Crippen LogP contribution in [0.5, 0.6) is 5.75 Å². The van der Waals surface area contributed by atoms with Crippen molar-refractivity contribution in [3.05, 3.63) is 41.9 Å². The normalized spacial score (nSPS) is 9.59. The highest BCUT2D eigenvalue weighted by molar-refractivity contribution is 6.50. The van der Waals surface area contributed by atoms with E-state index in [0.717, 1.165) is 0 Å². The van der Waals surface area contributed by atoms with Crippen LogP contribution in [-0.4, -0.2) is 13.9 Å². The quantitative estimate of drug-likeness (QED) is 0.350. The molecular weight excluding hydrogens is 239 g/mol. The number of hydrogen-bond donors (Lipinski definition) is 0. The summed E-state index contributed by atoms with van der Waals surface area (Å²) in [4.78, 5) is 3.06. The van der Waals surface area contributed by atoms with Crippen molar-refractivity contribution in [1.29, 1.82) is 5.39 Å². The monoisotopic (exact) mass is 248 g/mol. The van der Waals surface area contributed by atoms with E-state index in [4.69, 9.17) is 10.1 Å². The maximum atomic E-state index is 9.75. The molecule has 0 saturated carbocycles. The first-order chi connectivity index (χ1) is 7.88. The van der Waals surface area contributed by atoms with E-state index in [-0.39, 0.29) is 0 Å². The van der Waals surface area contributed by atoms with Crippen molar-refractivity contribution in [3.8, 4) is 5.75 Å². The summed E-state index contributed by atoms with van der Waals surface area (Å²) in [6.45, 7) is 3.92. The number of nitrogens with zero attached hydrogens (tertiary/aromatic N) is 2. The smallest absolute Gasteiger partial charge is 0.482 e. The number of hydrogen-bond acceptors (Lipinski definition) is 2. The van der Waals surface area contributed by atoms with Crippen LogP contribution in [-0.2, 0) is 0 Å². The molecule has 17 heavy (non-hydrogen) atoms. The van der Waals surface area contributed by atoms with Gasteiger partial charge in [-0.05, 0) is 6.07 Å². The second-order valence-corrected chi connectivity index (χ2v) is 2.66. The van der Waals surface area contributed by atoms with Gasteiger partial charge in [0, 0.05) is 6.07 Å². The van der Waals surface area contributed by atoms with Crippen molar-refractivity contribution in [1.82, 2.24) is 0 Å². The van der Waals surface area contributed by atoms with Gasteiger partial charge in [-0.1, -0.05) is 24.8 Å². The van der Waals surface area contributed by atoms with Gasteiger partial charge in [-0.15, -0.1) is 0 Å². The van der Waals surface area contributed by atoms with E-state index in [1.165, 1.54) is 0 Å². The Labute approximate surface area is 95.4 Å². The van der Waals surface area contributed by atoms with Crippen molar-refractivity contribution in [2.24, 2.45) is 0 Å². The van der Waals surface area contributed by atoms with E-state index in [0.29, 0.717) is 18.0 Å². The van der Waals surface area contributed by atoms with Crippen LogP contribution in [0.4, 0.5) is 23.0 Å². The average Bonchev–Trinajstić information content (AvgIpc) is 2.24. The molecule has 1 rings (SSSR count). The van der Waals surface area contributed by atoms with Gasteiger partial charge in [0.15, 0.2) is 4.98 Å². The fraction of sp³-hybridized carbons (Fsp3) is 0.111. The molecular formula is C9H9BF4N2O. The summed E-state index contributed by atoms with van der Waals surface area (Å²) < 4.78 is 44.2. The average molecular weight is 248 g/mol. The Morgan fingerprint density at radius 2 is 1.82 bits per heavy atom. The first-order valence-corrected chi connectivity index (χ1v) is 4.43. The number of benzene rings is 1. The molecule has 0 aliphatic rings. The third kappa shape index (κ3) is 8.93. The molecule has 1 aromatic carbocycles. The van der Waals surface area contributed by atoms with Crippen molar-refractivity contribution in [3.63, 3.8) is 0 Å². The molecule has 1 aromatic rings. The van der Waals surface area contributed by atoms with Gasteiger partial charge >= 0.3 is 12.9 Å². The molecule has 0 unspecified atom stereocenters. The summed E-state index contributed by atoms with van der Waals surface area (Å²) in [5, 5.41) is 8.54. The first-order valence-electron chi connectivity index (χ1n) is 4.43. The maximum Gasteiger partial charge on any atom is 0.673 e. The van der Waals surface area contributed by atoms with Gasteiger partial charge < -0.3 is 22.0 Å². The second kappa shape index (κ2) is 7.27. The lowest BCUT2D eigenvalue weighted by Gasteiger charge is -1.97. The van der Waals surface area contributed by atoms with E-state index in [2.05, 4.69) is 11.6 Å². The number of halogens is 4. The standard InChI is InChI=1S/C9H9N2O.BF4/c1-2-7-12-9-6-4-3-5-8(9)11-10;2-1(3,4)5/h2-6H,1,7H2;/q+1;-1. The van der Waals surface area contributed by atoms with Crippen LogP contribution < -0.4 is 4.74 Å². The molecule has 0 atom stereocenters. The zero-order chi connectivity index (χ0) is 13.3. The molecule has 0 aromatic heterocycles. The van der Waals surface area contributed by atoms with E-state index in [9.17, 15) is 17.3 Å². The van der Waals surface area contributed by atoms with Gasteiger partial charge in [-0.3, -0.25) is 0 Å². The molecule has 92 valence electrons. The Morgan fingerprint density at radius 3 is 2.29 bits per heavy atom. The molecule has 8 heteroatoms. The van der Waals surface area contributed by atoms with Crippen LogP contribution in [0.15, 0.2) is 36.9 Å². The summed E-state index contributed by atoms with van der Waals surface area (Å²) in [7, 11) is -6.00. The summed E-state index contributed by atoms with van der Waals surface area (Å²) in [6.07, 6.45) is 1.63. The minimum atomic E-state index is -6.00. The fourth-order valence-electron chi connectivity index (χ4n) is 0.811. The summed E-state index contributed by atoms with van der Waals surface area (Å²) in [5.41, 5.74) is 0.430. The second-order valence-electron chi connectivity index (χ2n) is 2.66. The Morgan fingerprint density at radius 1 is 1.29 bits per heavy atom. The van der Waals surface area contributed by atoms with Crippen molar-refractivity contribution >= 4 is 12.9 Å².